The van der Waals surface area contributed by atoms with Crippen LogP contribution in [-0.2, 0) is 4.79 Å². The van der Waals surface area contributed by atoms with E-state index in [0.29, 0.717) is 0 Å². The third kappa shape index (κ3) is 3.68. The first-order valence-corrected chi connectivity index (χ1v) is 9.34. The van der Waals surface area contributed by atoms with Crippen LogP contribution in [0.3, 0.4) is 0 Å². The summed E-state index contributed by atoms with van der Waals surface area (Å²) in [5.74, 6) is 0.595. The maximum Gasteiger partial charge on any atom is 0.407 e. The molecule has 1 aliphatic heterocycles. The van der Waals surface area contributed by atoms with E-state index >= 15 is 0 Å². The van der Waals surface area contributed by atoms with Crippen molar-refractivity contribution >= 4 is 34.6 Å². The Morgan fingerprint density at radius 1 is 1.54 bits per heavy atom. The maximum absolute atomic E-state index is 13.3. The Morgan fingerprint density at radius 3 is 2.71 bits per heavy atom. The smallest absolute Gasteiger partial charge is 0.407 e. The number of rotatable bonds is 5. The fraction of sp³-hybridized carbons (Fsp3) is 0.688. The molecule has 24 heavy (non-hydrogen) atoms. The lowest BCUT2D eigenvalue weighted by molar-refractivity contribution is -0.140. The van der Waals surface area contributed by atoms with Crippen LogP contribution in [0.5, 0.6) is 0 Å². The van der Waals surface area contributed by atoms with E-state index < -0.39 is 12.1 Å². The molecule has 134 valence electrons. The predicted octanol–water partition coefficient (Wildman–Crippen LogP) is 3.09. The highest BCUT2D eigenvalue weighted by Gasteiger charge is 2.43. The number of aromatic nitrogens is 2. The van der Waals surface area contributed by atoms with Crippen LogP contribution in [-0.4, -0.2) is 56.0 Å². The first-order chi connectivity index (χ1) is 11.3. The monoisotopic (exact) mass is 448 g/mol. The summed E-state index contributed by atoms with van der Waals surface area (Å²) < 4.78 is 0.927. The van der Waals surface area contributed by atoms with E-state index in [4.69, 9.17) is 0 Å². The van der Waals surface area contributed by atoms with Crippen LogP contribution in [0.25, 0.3) is 0 Å². The van der Waals surface area contributed by atoms with Crippen molar-refractivity contribution in [2.75, 3.05) is 7.05 Å². The molecule has 4 atom stereocenters. The first-order valence-electron chi connectivity index (χ1n) is 8.26. The molecule has 2 N–H and O–H groups in total. The Bertz CT molecular complexity index is 606. The van der Waals surface area contributed by atoms with Crippen molar-refractivity contribution in [2.24, 2.45) is 5.92 Å². The van der Waals surface area contributed by atoms with Gasteiger partial charge in [-0.25, -0.2) is 9.78 Å². The molecule has 1 aromatic rings. The number of aromatic amines is 1. The maximum atomic E-state index is 13.3. The highest BCUT2D eigenvalue weighted by Crippen LogP contribution is 2.36. The largest absolute Gasteiger partial charge is 0.465 e. The molecule has 2 heterocycles. The van der Waals surface area contributed by atoms with Crippen molar-refractivity contribution in [1.29, 1.82) is 0 Å². The van der Waals surface area contributed by atoms with E-state index in [1.165, 1.54) is 7.05 Å². The van der Waals surface area contributed by atoms with Crippen molar-refractivity contribution in [1.82, 2.24) is 19.8 Å². The molecule has 1 aromatic heterocycles. The Balaban J connectivity index is 2.33. The van der Waals surface area contributed by atoms with Crippen molar-refractivity contribution in [3.63, 3.8) is 0 Å². The Morgan fingerprint density at radius 2 is 2.21 bits per heavy atom. The van der Waals surface area contributed by atoms with Crippen LogP contribution in [0.2, 0.25) is 0 Å². The molecule has 8 heteroatoms. The average Bonchev–Trinajstić information content (AvgIpc) is 3.12. The number of hydrogen-bond donors (Lipinski definition) is 2. The molecule has 1 fully saturated rings. The van der Waals surface area contributed by atoms with E-state index in [1.54, 1.807) is 6.20 Å². The summed E-state index contributed by atoms with van der Waals surface area (Å²) in [5, 5.41) is 9.38. The van der Waals surface area contributed by atoms with Crippen LogP contribution in [0, 0.1) is 9.62 Å². The van der Waals surface area contributed by atoms with Gasteiger partial charge in [-0.2, -0.15) is 0 Å². The highest BCUT2D eigenvalue weighted by atomic mass is 127. The molecule has 0 aliphatic carbocycles. The van der Waals surface area contributed by atoms with Gasteiger partial charge in [0.15, 0.2) is 0 Å². The van der Waals surface area contributed by atoms with Crippen LogP contribution in [0.4, 0.5) is 4.79 Å². The molecule has 0 saturated carbocycles. The summed E-state index contributed by atoms with van der Waals surface area (Å²) >= 11 is 2.16. The number of amides is 2. The average molecular weight is 448 g/mol. The van der Waals surface area contributed by atoms with Crippen LogP contribution in [0.15, 0.2) is 6.20 Å². The third-order valence-corrected chi connectivity index (χ3v) is 5.51. The SMILES string of the molecule is CC[C@H](C)[C@@H](C(=O)N1[C@@H](C)CC[C@H]1c1ncc(I)[nH]1)N(C)C(=O)O. The minimum absolute atomic E-state index is 0.0520. The topological polar surface area (TPSA) is 89.5 Å². The van der Waals surface area contributed by atoms with Gasteiger partial charge in [-0.15, -0.1) is 0 Å². The van der Waals surface area contributed by atoms with Crippen LogP contribution in [0.1, 0.15) is 51.9 Å². The zero-order valence-electron chi connectivity index (χ0n) is 14.5. The van der Waals surface area contributed by atoms with Gasteiger partial charge in [-0.05, 0) is 48.3 Å². The molecule has 0 radical (unpaired) electrons. The minimum Gasteiger partial charge on any atom is -0.465 e. The van der Waals surface area contributed by atoms with Crippen molar-refractivity contribution in [3.8, 4) is 0 Å². The second-order valence-corrected chi connectivity index (χ2v) is 7.69. The zero-order valence-corrected chi connectivity index (χ0v) is 16.6. The van der Waals surface area contributed by atoms with E-state index in [9.17, 15) is 14.7 Å². The fourth-order valence-electron chi connectivity index (χ4n) is 3.39. The quantitative estimate of drug-likeness (QED) is 0.678. The van der Waals surface area contributed by atoms with E-state index in [0.717, 1.165) is 33.7 Å². The lowest BCUT2D eigenvalue weighted by Gasteiger charge is -2.36. The number of nitrogens with zero attached hydrogens (tertiary/aromatic N) is 3. The molecule has 0 bridgehead atoms. The number of carbonyl (C=O) groups excluding carboxylic acids is 1. The van der Waals surface area contributed by atoms with Crippen molar-refractivity contribution in [2.45, 2.75) is 58.2 Å². The Labute approximate surface area is 155 Å². The number of carbonyl (C=O) groups is 2. The van der Waals surface area contributed by atoms with E-state index in [2.05, 4.69) is 32.6 Å². The van der Waals surface area contributed by atoms with E-state index in [1.807, 2.05) is 25.7 Å². The van der Waals surface area contributed by atoms with E-state index in [-0.39, 0.29) is 23.9 Å². The summed E-state index contributed by atoms with van der Waals surface area (Å²) in [6.45, 7) is 5.91. The zero-order chi connectivity index (χ0) is 18.0. The molecular weight excluding hydrogens is 423 g/mol. The molecule has 7 nitrogen and oxygen atoms in total. The molecule has 1 saturated heterocycles. The number of likely N-dealkylation sites (N-methyl/N-ethyl adjacent to an activating group) is 1. The molecule has 1 aliphatic rings. The molecule has 2 rings (SSSR count). The number of carboxylic acid groups (broad SMARTS) is 1. The van der Waals surface area contributed by atoms with Crippen LogP contribution >= 0.6 is 22.6 Å². The molecule has 0 unspecified atom stereocenters. The van der Waals surface area contributed by atoms with Gasteiger partial charge in [0.25, 0.3) is 0 Å². The lowest BCUT2D eigenvalue weighted by Crippen LogP contribution is -2.53. The second kappa shape index (κ2) is 7.71. The van der Waals surface area contributed by atoms with Gasteiger partial charge < -0.3 is 15.0 Å². The van der Waals surface area contributed by atoms with Gasteiger partial charge >= 0.3 is 6.09 Å². The summed E-state index contributed by atoms with van der Waals surface area (Å²) in [6.07, 6.45) is 3.12. The fourth-order valence-corrected chi connectivity index (χ4v) is 3.81. The summed E-state index contributed by atoms with van der Waals surface area (Å²) in [7, 11) is 1.47. The summed E-state index contributed by atoms with van der Waals surface area (Å²) in [4.78, 5) is 35.3. The highest BCUT2D eigenvalue weighted by molar-refractivity contribution is 14.1. The Kier molecular flexibility index (Phi) is 6.11. The van der Waals surface area contributed by atoms with Crippen LogP contribution < -0.4 is 0 Å². The standard InChI is InChI=1S/C16H25IN4O3/c1-5-9(2)13(20(4)16(23)24)15(22)21-10(3)6-7-11(21)14-18-8-12(17)19-14/h8-11,13H,5-7H2,1-4H3,(H,18,19)(H,23,24)/t9-,10-,11-,13-/m0/s1. The Hall–Kier alpha value is -1.32. The van der Waals surface area contributed by atoms with Crippen molar-refractivity contribution < 1.29 is 14.7 Å². The van der Waals surface area contributed by atoms with Gasteiger partial charge in [0, 0.05) is 13.1 Å². The molecule has 2 amide bonds. The van der Waals surface area contributed by atoms with Gasteiger partial charge in [0.05, 0.1) is 15.9 Å². The third-order valence-electron chi connectivity index (χ3n) is 4.96. The lowest BCUT2D eigenvalue weighted by atomic mass is 9.96. The molecule has 0 aromatic carbocycles. The van der Waals surface area contributed by atoms with Gasteiger partial charge in [-0.1, -0.05) is 20.3 Å². The number of H-pyrrole nitrogens is 1. The van der Waals surface area contributed by atoms with Gasteiger partial charge in [0.1, 0.15) is 11.9 Å². The number of imidazole rings is 1. The number of hydrogen-bond acceptors (Lipinski definition) is 3. The van der Waals surface area contributed by atoms with Gasteiger partial charge in [-0.3, -0.25) is 9.69 Å². The van der Waals surface area contributed by atoms with Crippen molar-refractivity contribution in [3.05, 3.63) is 15.7 Å². The molecule has 0 spiro atoms. The summed E-state index contributed by atoms with van der Waals surface area (Å²) in [5.41, 5.74) is 0. The normalized spacial score (nSPS) is 23.1. The number of nitrogens with one attached hydrogen (secondary N) is 1. The predicted molar refractivity (Wildman–Crippen MR) is 98.6 cm³/mol. The number of halogens is 1. The number of likely N-dealkylation sites (tertiary alicyclic amines) is 1. The molecular formula is C16H25IN4O3. The summed E-state index contributed by atoms with van der Waals surface area (Å²) in [6, 6.07) is -0.728. The second-order valence-electron chi connectivity index (χ2n) is 6.53. The van der Waals surface area contributed by atoms with Gasteiger partial charge in [0.2, 0.25) is 5.91 Å². The first kappa shape index (κ1) is 19.0. The minimum atomic E-state index is -1.08.